The Morgan fingerprint density at radius 3 is 1.28 bits per heavy atom. The fourth-order valence-corrected chi connectivity index (χ4v) is 2.02. The molecule has 0 atom stereocenters. The number of anilines is 2. The van der Waals surface area contributed by atoms with Crippen LogP contribution >= 0.6 is 11.8 Å². The molecule has 0 fully saturated rings. The highest BCUT2D eigenvalue weighted by Gasteiger charge is 1.96. The van der Waals surface area contributed by atoms with Crippen LogP contribution in [0.25, 0.3) is 0 Å². The van der Waals surface area contributed by atoms with Crippen LogP contribution in [0.2, 0.25) is 0 Å². The van der Waals surface area contributed by atoms with E-state index in [1.807, 2.05) is 48.5 Å². The number of carbonyl (C=O) groups excluding carboxylic acids is 2. The molecule has 2 aromatic carbocycles. The van der Waals surface area contributed by atoms with Crippen molar-refractivity contribution in [3.05, 3.63) is 48.5 Å². The Morgan fingerprint density at radius 2 is 1.00 bits per heavy atom. The summed E-state index contributed by atoms with van der Waals surface area (Å²) in [5.74, 6) is 0. The Bertz CT molecular complexity index is 474. The first-order valence-electron chi connectivity index (χ1n) is 5.04. The van der Waals surface area contributed by atoms with E-state index in [0.717, 1.165) is 11.4 Å². The topological polar surface area (TPSA) is 86.2 Å². The Labute approximate surface area is 109 Å². The Balaban J connectivity index is 0.000000492. The van der Waals surface area contributed by atoms with Gasteiger partial charge >= 0.3 is 6.15 Å². The fraction of sp³-hybridized carbons (Fsp3) is 0. The normalized spacial score (nSPS) is 8.89. The molecule has 0 spiro atoms. The molecule has 0 saturated carbocycles. The smallest absolute Gasteiger partial charge is 0.373 e. The molecule has 0 aliphatic heterocycles. The third-order valence-electron chi connectivity index (χ3n) is 2.00. The van der Waals surface area contributed by atoms with Gasteiger partial charge in [-0.05, 0) is 48.5 Å². The fourth-order valence-electron chi connectivity index (χ4n) is 1.21. The SMILES string of the molecule is Nc1ccc(Sc2ccc(N)cc2)cc1.O=C=O. The van der Waals surface area contributed by atoms with Gasteiger partial charge in [-0.15, -0.1) is 0 Å². The molecule has 0 aromatic heterocycles. The van der Waals surface area contributed by atoms with Crippen LogP contribution in [-0.2, 0) is 9.59 Å². The van der Waals surface area contributed by atoms with Gasteiger partial charge in [-0.25, -0.2) is 0 Å². The molecule has 0 bridgehead atoms. The van der Waals surface area contributed by atoms with Crippen LogP contribution in [0.1, 0.15) is 0 Å². The van der Waals surface area contributed by atoms with E-state index in [0.29, 0.717) is 0 Å². The molecular formula is C13H12N2O2S. The molecule has 0 unspecified atom stereocenters. The second kappa shape index (κ2) is 7.17. The average molecular weight is 260 g/mol. The maximum absolute atomic E-state index is 8.12. The lowest BCUT2D eigenvalue weighted by Gasteiger charge is -2.02. The predicted molar refractivity (Wildman–Crippen MR) is 70.8 cm³/mol. The van der Waals surface area contributed by atoms with Gasteiger partial charge in [0.2, 0.25) is 0 Å². The van der Waals surface area contributed by atoms with Gasteiger partial charge < -0.3 is 11.5 Å². The Morgan fingerprint density at radius 1 is 0.722 bits per heavy atom. The molecule has 0 saturated heterocycles. The van der Waals surface area contributed by atoms with Gasteiger partial charge in [-0.1, -0.05) is 11.8 Å². The van der Waals surface area contributed by atoms with E-state index in [4.69, 9.17) is 21.1 Å². The van der Waals surface area contributed by atoms with Crippen molar-refractivity contribution in [1.29, 1.82) is 0 Å². The van der Waals surface area contributed by atoms with Gasteiger partial charge in [0.1, 0.15) is 0 Å². The quantitative estimate of drug-likeness (QED) is 0.810. The average Bonchev–Trinajstić information content (AvgIpc) is 2.36. The molecule has 18 heavy (non-hydrogen) atoms. The number of nitrogen functional groups attached to an aromatic ring is 2. The molecule has 0 aliphatic carbocycles. The summed E-state index contributed by atoms with van der Waals surface area (Å²) in [6, 6.07) is 15.7. The highest BCUT2D eigenvalue weighted by molar-refractivity contribution is 7.99. The van der Waals surface area contributed by atoms with Crippen molar-refractivity contribution < 1.29 is 9.59 Å². The summed E-state index contributed by atoms with van der Waals surface area (Å²) < 4.78 is 0. The van der Waals surface area contributed by atoms with Crippen molar-refractivity contribution in [2.75, 3.05) is 11.5 Å². The summed E-state index contributed by atoms with van der Waals surface area (Å²) in [4.78, 5) is 18.6. The van der Waals surface area contributed by atoms with E-state index in [9.17, 15) is 0 Å². The lowest BCUT2D eigenvalue weighted by molar-refractivity contribution is -0.191. The van der Waals surface area contributed by atoms with Gasteiger partial charge in [0.05, 0.1) is 0 Å². The maximum atomic E-state index is 8.12. The first kappa shape index (κ1) is 13.8. The zero-order valence-electron chi connectivity index (χ0n) is 9.50. The van der Waals surface area contributed by atoms with Crippen LogP contribution in [0, 0.1) is 0 Å². The van der Waals surface area contributed by atoms with Crippen LogP contribution in [-0.4, -0.2) is 6.15 Å². The first-order valence-corrected chi connectivity index (χ1v) is 5.85. The largest absolute Gasteiger partial charge is 0.399 e. The second-order valence-corrected chi connectivity index (χ2v) is 4.47. The summed E-state index contributed by atoms with van der Waals surface area (Å²) in [5, 5.41) is 0. The van der Waals surface area contributed by atoms with E-state index < -0.39 is 0 Å². The lowest BCUT2D eigenvalue weighted by Crippen LogP contribution is -1.83. The second-order valence-electron chi connectivity index (χ2n) is 3.32. The molecule has 0 aliphatic rings. The van der Waals surface area contributed by atoms with Gasteiger partial charge in [-0.3, -0.25) is 0 Å². The molecule has 5 heteroatoms. The summed E-state index contributed by atoms with van der Waals surface area (Å²) in [6.07, 6.45) is 0.250. The lowest BCUT2D eigenvalue weighted by atomic mass is 10.3. The molecular weight excluding hydrogens is 248 g/mol. The van der Waals surface area contributed by atoms with Gasteiger partial charge in [0.15, 0.2) is 0 Å². The Kier molecular flexibility index (Phi) is 5.51. The molecule has 2 rings (SSSR count). The van der Waals surface area contributed by atoms with Gasteiger partial charge in [-0.2, -0.15) is 9.59 Å². The minimum absolute atomic E-state index is 0.250. The number of benzene rings is 2. The van der Waals surface area contributed by atoms with Crippen molar-refractivity contribution in [3.8, 4) is 0 Å². The third-order valence-corrected chi connectivity index (χ3v) is 3.01. The summed E-state index contributed by atoms with van der Waals surface area (Å²) in [5.41, 5.74) is 12.8. The van der Waals surface area contributed by atoms with E-state index in [1.165, 1.54) is 9.79 Å². The van der Waals surface area contributed by atoms with Crippen LogP contribution < -0.4 is 11.5 Å². The molecule has 0 amide bonds. The third kappa shape index (κ3) is 4.74. The maximum Gasteiger partial charge on any atom is 0.373 e. The minimum Gasteiger partial charge on any atom is -0.399 e. The van der Waals surface area contributed by atoms with Gasteiger partial charge in [0.25, 0.3) is 0 Å². The van der Waals surface area contributed by atoms with E-state index in [1.54, 1.807) is 11.8 Å². The van der Waals surface area contributed by atoms with Crippen molar-refractivity contribution in [1.82, 2.24) is 0 Å². The van der Waals surface area contributed by atoms with Crippen molar-refractivity contribution >= 4 is 29.3 Å². The molecule has 0 radical (unpaired) electrons. The number of hydrogen-bond donors (Lipinski definition) is 2. The summed E-state index contributed by atoms with van der Waals surface area (Å²) in [7, 11) is 0. The Hall–Kier alpha value is -2.23. The zero-order valence-corrected chi connectivity index (χ0v) is 10.3. The van der Waals surface area contributed by atoms with Crippen molar-refractivity contribution in [3.63, 3.8) is 0 Å². The highest BCUT2D eigenvalue weighted by Crippen LogP contribution is 2.28. The zero-order chi connectivity index (χ0) is 13.4. The molecule has 2 aromatic rings. The van der Waals surface area contributed by atoms with E-state index >= 15 is 0 Å². The molecule has 92 valence electrons. The predicted octanol–water partition coefficient (Wildman–Crippen LogP) is 2.42. The van der Waals surface area contributed by atoms with Crippen LogP contribution in [0.4, 0.5) is 11.4 Å². The van der Waals surface area contributed by atoms with Crippen LogP contribution in [0.3, 0.4) is 0 Å². The van der Waals surface area contributed by atoms with Crippen molar-refractivity contribution in [2.45, 2.75) is 9.79 Å². The number of nitrogens with two attached hydrogens (primary N) is 2. The minimum atomic E-state index is 0.250. The van der Waals surface area contributed by atoms with Crippen LogP contribution in [0.5, 0.6) is 0 Å². The monoisotopic (exact) mass is 260 g/mol. The molecule has 4 nitrogen and oxygen atoms in total. The van der Waals surface area contributed by atoms with E-state index in [2.05, 4.69) is 0 Å². The summed E-state index contributed by atoms with van der Waals surface area (Å²) in [6.45, 7) is 0. The molecule has 4 N–H and O–H groups in total. The van der Waals surface area contributed by atoms with Crippen molar-refractivity contribution in [2.24, 2.45) is 0 Å². The number of rotatable bonds is 2. The highest BCUT2D eigenvalue weighted by atomic mass is 32.2. The van der Waals surface area contributed by atoms with E-state index in [-0.39, 0.29) is 6.15 Å². The molecule has 0 heterocycles. The number of hydrogen-bond acceptors (Lipinski definition) is 5. The van der Waals surface area contributed by atoms with Gasteiger partial charge in [0, 0.05) is 21.2 Å². The summed E-state index contributed by atoms with van der Waals surface area (Å²) >= 11 is 1.69. The standard InChI is InChI=1S/C12H12N2S.CO2/c13-9-1-5-11(6-2-9)15-12-7-3-10(14)4-8-12;2-1-3/h1-8H,13-14H2;. The first-order chi connectivity index (χ1) is 8.65. The van der Waals surface area contributed by atoms with Crippen LogP contribution in [0.15, 0.2) is 58.3 Å².